The first-order valence-corrected chi connectivity index (χ1v) is 13.0. The van der Waals surface area contributed by atoms with Gasteiger partial charge >= 0.3 is 5.97 Å². The SMILES string of the molecule is CCCCN(Cc1ccc(C(=O)N[C@@H](Cc2ccccc2)C(=O)O)cc1)S(=O)(=O)c1ccccc1. The molecular formula is C27H30N2O5S. The predicted molar refractivity (Wildman–Crippen MR) is 134 cm³/mol. The first-order chi connectivity index (χ1) is 16.8. The number of hydrogen-bond acceptors (Lipinski definition) is 4. The summed E-state index contributed by atoms with van der Waals surface area (Å²) in [6.45, 7) is 2.56. The van der Waals surface area contributed by atoms with Crippen LogP contribution in [0, 0.1) is 0 Å². The molecule has 0 radical (unpaired) electrons. The predicted octanol–water partition coefficient (Wildman–Crippen LogP) is 4.10. The van der Waals surface area contributed by atoms with Gasteiger partial charge in [0.2, 0.25) is 10.0 Å². The molecule has 0 unspecified atom stereocenters. The van der Waals surface area contributed by atoms with Gasteiger partial charge in [0, 0.05) is 25.1 Å². The van der Waals surface area contributed by atoms with Crippen LogP contribution in [-0.4, -0.2) is 42.3 Å². The first kappa shape index (κ1) is 26.1. The summed E-state index contributed by atoms with van der Waals surface area (Å²) in [5, 5.41) is 12.1. The summed E-state index contributed by atoms with van der Waals surface area (Å²) in [7, 11) is -3.66. The first-order valence-electron chi connectivity index (χ1n) is 11.5. The third-order valence-corrected chi connectivity index (χ3v) is 7.46. The van der Waals surface area contributed by atoms with E-state index >= 15 is 0 Å². The Labute approximate surface area is 206 Å². The monoisotopic (exact) mass is 494 g/mol. The zero-order valence-corrected chi connectivity index (χ0v) is 20.4. The minimum Gasteiger partial charge on any atom is -0.480 e. The highest BCUT2D eigenvalue weighted by Gasteiger charge is 2.24. The van der Waals surface area contributed by atoms with Crippen LogP contribution in [0.3, 0.4) is 0 Å². The van der Waals surface area contributed by atoms with Crippen molar-refractivity contribution in [2.45, 2.75) is 43.7 Å². The lowest BCUT2D eigenvalue weighted by Crippen LogP contribution is -2.42. The molecule has 3 aromatic carbocycles. The summed E-state index contributed by atoms with van der Waals surface area (Å²) >= 11 is 0. The van der Waals surface area contributed by atoms with Gasteiger partial charge in [0.25, 0.3) is 5.91 Å². The van der Waals surface area contributed by atoms with Gasteiger partial charge in [-0.05, 0) is 41.8 Å². The van der Waals surface area contributed by atoms with Crippen molar-refractivity contribution in [1.29, 1.82) is 0 Å². The third kappa shape index (κ3) is 7.24. The molecule has 35 heavy (non-hydrogen) atoms. The second kappa shape index (κ2) is 12.3. The number of carbonyl (C=O) groups is 2. The molecular weight excluding hydrogens is 464 g/mol. The zero-order valence-electron chi connectivity index (χ0n) is 19.6. The van der Waals surface area contributed by atoms with Crippen molar-refractivity contribution in [3.63, 3.8) is 0 Å². The number of unbranched alkanes of at least 4 members (excludes halogenated alkanes) is 1. The van der Waals surface area contributed by atoms with E-state index in [-0.39, 0.29) is 17.9 Å². The fraction of sp³-hybridized carbons (Fsp3) is 0.259. The Balaban J connectivity index is 1.71. The number of amides is 1. The molecule has 3 rings (SSSR count). The normalized spacial score (nSPS) is 12.3. The molecule has 8 heteroatoms. The van der Waals surface area contributed by atoms with E-state index in [9.17, 15) is 23.1 Å². The number of carbonyl (C=O) groups excluding carboxylic acids is 1. The lowest BCUT2D eigenvalue weighted by Gasteiger charge is -2.22. The lowest BCUT2D eigenvalue weighted by molar-refractivity contribution is -0.139. The van der Waals surface area contributed by atoms with Crippen LogP contribution in [0.15, 0.2) is 89.8 Å². The van der Waals surface area contributed by atoms with Crippen molar-refractivity contribution in [3.8, 4) is 0 Å². The molecule has 0 aliphatic rings. The molecule has 0 heterocycles. The van der Waals surface area contributed by atoms with E-state index in [0.717, 1.165) is 24.0 Å². The summed E-state index contributed by atoms with van der Waals surface area (Å²) in [6, 6.07) is 22.9. The molecule has 0 aromatic heterocycles. The number of carboxylic acid groups (broad SMARTS) is 1. The zero-order chi connectivity index (χ0) is 25.3. The van der Waals surface area contributed by atoms with Gasteiger partial charge in [-0.2, -0.15) is 4.31 Å². The van der Waals surface area contributed by atoms with Crippen molar-refractivity contribution >= 4 is 21.9 Å². The molecule has 184 valence electrons. The molecule has 0 aliphatic carbocycles. The molecule has 2 N–H and O–H groups in total. The molecule has 0 aliphatic heterocycles. The van der Waals surface area contributed by atoms with Gasteiger partial charge in [-0.15, -0.1) is 0 Å². The summed E-state index contributed by atoms with van der Waals surface area (Å²) in [5.41, 5.74) is 1.85. The molecule has 1 atom stereocenters. The van der Waals surface area contributed by atoms with E-state index in [1.165, 1.54) is 4.31 Å². The van der Waals surface area contributed by atoms with Gasteiger partial charge in [-0.25, -0.2) is 13.2 Å². The smallest absolute Gasteiger partial charge is 0.326 e. The van der Waals surface area contributed by atoms with Crippen molar-refractivity contribution < 1.29 is 23.1 Å². The fourth-order valence-electron chi connectivity index (χ4n) is 3.62. The summed E-state index contributed by atoms with van der Waals surface area (Å²) in [5.74, 6) is -1.61. The summed E-state index contributed by atoms with van der Waals surface area (Å²) < 4.78 is 27.8. The quantitative estimate of drug-likeness (QED) is 0.395. The minimum atomic E-state index is -3.66. The Hall–Kier alpha value is -3.49. The second-order valence-electron chi connectivity index (χ2n) is 8.26. The number of rotatable bonds is 12. The number of sulfonamides is 1. The van der Waals surface area contributed by atoms with Crippen molar-refractivity contribution in [2.24, 2.45) is 0 Å². The van der Waals surface area contributed by atoms with Crippen LogP contribution in [-0.2, 0) is 27.8 Å². The lowest BCUT2D eigenvalue weighted by atomic mass is 10.1. The van der Waals surface area contributed by atoms with E-state index < -0.39 is 27.9 Å². The highest BCUT2D eigenvalue weighted by Crippen LogP contribution is 2.19. The van der Waals surface area contributed by atoms with Gasteiger partial charge in [-0.1, -0.05) is 74.0 Å². The largest absolute Gasteiger partial charge is 0.480 e. The topological polar surface area (TPSA) is 104 Å². The molecule has 0 saturated carbocycles. The Morgan fingerprint density at radius 2 is 1.49 bits per heavy atom. The Morgan fingerprint density at radius 3 is 2.06 bits per heavy atom. The molecule has 0 fully saturated rings. The van der Waals surface area contributed by atoms with E-state index in [1.54, 1.807) is 54.6 Å². The van der Waals surface area contributed by atoms with Gasteiger partial charge < -0.3 is 10.4 Å². The number of hydrogen-bond donors (Lipinski definition) is 2. The maximum atomic E-state index is 13.2. The highest BCUT2D eigenvalue weighted by molar-refractivity contribution is 7.89. The maximum absolute atomic E-state index is 13.2. The van der Waals surface area contributed by atoms with E-state index in [2.05, 4.69) is 5.32 Å². The number of nitrogens with zero attached hydrogens (tertiary/aromatic N) is 1. The Kier molecular flexibility index (Phi) is 9.17. The molecule has 7 nitrogen and oxygen atoms in total. The van der Waals surface area contributed by atoms with Crippen LogP contribution in [0.25, 0.3) is 0 Å². The van der Waals surface area contributed by atoms with E-state index in [1.807, 2.05) is 37.3 Å². The van der Waals surface area contributed by atoms with Crippen LogP contribution in [0.5, 0.6) is 0 Å². The van der Waals surface area contributed by atoms with Crippen LogP contribution >= 0.6 is 0 Å². The number of carboxylic acids is 1. The Bertz CT molecular complexity index is 1210. The average Bonchev–Trinajstić information content (AvgIpc) is 2.87. The highest BCUT2D eigenvalue weighted by atomic mass is 32.2. The van der Waals surface area contributed by atoms with Crippen molar-refractivity contribution in [3.05, 3.63) is 102 Å². The molecule has 0 spiro atoms. The number of aliphatic carboxylic acids is 1. The summed E-state index contributed by atoms with van der Waals surface area (Å²) in [6.07, 6.45) is 1.75. The fourth-order valence-corrected chi connectivity index (χ4v) is 5.10. The van der Waals surface area contributed by atoms with Crippen molar-refractivity contribution in [1.82, 2.24) is 9.62 Å². The van der Waals surface area contributed by atoms with Crippen LogP contribution in [0.4, 0.5) is 0 Å². The number of nitrogens with one attached hydrogen (secondary N) is 1. The van der Waals surface area contributed by atoms with E-state index in [0.29, 0.717) is 12.1 Å². The van der Waals surface area contributed by atoms with Gasteiger partial charge in [0.15, 0.2) is 0 Å². The molecule has 0 bridgehead atoms. The number of benzene rings is 3. The minimum absolute atomic E-state index is 0.170. The maximum Gasteiger partial charge on any atom is 0.326 e. The Morgan fingerprint density at radius 1 is 0.886 bits per heavy atom. The van der Waals surface area contributed by atoms with Crippen LogP contribution < -0.4 is 5.32 Å². The van der Waals surface area contributed by atoms with E-state index in [4.69, 9.17) is 0 Å². The standard InChI is InChI=1S/C27H30N2O5S/c1-2-3-18-29(35(33,34)24-12-8-5-9-13-24)20-22-14-16-23(17-15-22)26(30)28-25(27(31)32)19-21-10-6-4-7-11-21/h4-17,25H,2-3,18-20H2,1H3,(H,28,30)(H,31,32)/t25-/m0/s1. The second-order valence-corrected chi connectivity index (χ2v) is 10.2. The van der Waals surface area contributed by atoms with Crippen LogP contribution in [0.2, 0.25) is 0 Å². The summed E-state index contributed by atoms with van der Waals surface area (Å²) in [4.78, 5) is 24.6. The van der Waals surface area contributed by atoms with Gasteiger partial charge in [-0.3, -0.25) is 4.79 Å². The van der Waals surface area contributed by atoms with Crippen LogP contribution in [0.1, 0.15) is 41.3 Å². The molecule has 1 amide bonds. The van der Waals surface area contributed by atoms with Gasteiger partial charge in [0.1, 0.15) is 6.04 Å². The molecule has 3 aromatic rings. The molecule has 0 saturated heterocycles. The van der Waals surface area contributed by atoms with Gasteiger partial charge in [0.05, 0.1) is 4.90 Å². The van der Waals surface area contributed by atoms with Crippen molar-refractivity contribution in [2.75, 3.05) is 6.54 Å². The average molecular weight is 495 g/mol. The third-order valence-electron chi connectivity index (χ3n) is 5.60.